The maximum Gasteiger partial charge on any atom is 0.323 e. The van der Waals surface area contributed by atoms with E-state index in [2.05, 4.69) is 45.1 Å². The van der Waals surface area contributed by atoms with Crippen LogP contribution in [-0.2, 0) is 0 Å². The Kier molecular flexibility index (Phi) is 3.71. The highest BCUT2D eigenvalue weighted by atomic mass is 32.1. The zero-order valence-electron chi connectivity index (χ0n) is 11.3. The zero-order valence-corrected chi connectivity index (χ0v) is 12.1. The van der Waals surface area contributed by atoms with Crippen LogP contribution in [0.25, 0.3) is 11.0 Å². The molecule has 0 bridgehead atoms. The number of rotatable bonds is 5. The molecule has 20 heavy (non-hydrogen) atoms. The van der Waals surface area contributed by atoms with Gasteiger partial charge in [0.1, 0.15) is 0 Å². The van der Waals surface area contributed by atoms with E-state index in [1.807, 2.05) is 12.1 Å². The maximum atomic E-state index is 11.3. The van der Waals surface area contributed by atoms with E-state index in [-0.39, 0.29) is 11.7 Å². The van der Waals surface area contributed by atoms with Crippen molar-refractivity contribution in [3.8, 4) is 0 Å². The van der Waals surface area contributed by atoms with Crippen molar-refractivity contribution >= 4 is 22.4 Å². The van der Waals surface area contributed by atoms with E-state index in [4.69, 9.17) is 0 Å². The minimum atomic E-state index is -0.161. The largest absolute Gasteiger partial charge is 0.323 e. The smallest absolute Gasteiger partial charge is 0.306 e. The summed E-state index contributed by atoms with van der Waals surface area (Å²) in [5.74, 6) is 0. The second kappa shape index (κ2) is 5.64. The lowest BCUT2D eigenvalue weighted by Crippen LogP contribution is -2.22. The number of fused-ring (bicyclic) bond motifs is 1. The van der Waals surface area contributed by atoms with Crippen molar-refractivity contribution in [3.05, 3.63) is 56.6 Å². The second-order valence-electron chi connectivity index (χ2n) is 4.83. The van der Waals surface area contributed by atoms with Gasteiger partial charge in [0.25, 0.3) is 0 Å². The van der Waals surface area contributed by atoms with Crippen LogP contribution < -0.4 is 11.0 Å². The molecular weight excluding hydrogens is 270 g/mol. The van der Waals surface area contributed by atoms with Crippen molar-refractivity contribution in [1.82, 2.24) is 15.3 Å². The normalized spacial score (nSPS) is 12.8. The van der Waals surface area contributed by atoms with Gasteiger partial charge < -0.3 is 15.3 Å². The molecule has 2 aromatic heterocycles. The Morgan fingerprint density at radius 3 is 2.80 bits per heavy atom. The second-order valence-corrected chi connectivity index (χ2v) is 5.61. The fraction of sp³-hybridized carbons (Fsp3) is 0.267. The Bertz CT molecular complexity index is 742. The topological polar surface area (TPSA) is 60.7 Å². The molecule has 2 heterocycles. The number of imidazole rings is 1. The molecule has 0 aliphatic rings. The third-order valence-corrected chi connectivity index (χ3v) is 4.05. The van der Waals surface area contributed by atoms with Crippen molar-refractivity contribution in [3.63, 3.8) is 0 Å². The van der Waals surface area contributed by atoms with Crippen LogP contribution in [0.3, 0.4) is 0 Å². The fourth-order valence-corrected chi connectivity index (χ4v) is 3.07. The minimum Gasteiger partial charge on any atom is -0.306 e. The van der Waals surface area contributed by atoms with Crippen LogP contribution in [0, 0.1) is 0 Å². The Balaban J connectivity index is 2.01. The van der Waals surface area contributed by atoms with Crippen molar-refractivity contribution < 1.29 is 0 Å². The Morgan fingerprint density at radius 1 is 1.20 bits per heavy atom. The first kappa shape index (κ1) is 13.1. The summed E-state index contributed by atoms with van der Waals surface area (Å²) in [6.07, 6.45) is 1.09. The number of aromatic amines is 2. The summed E-state index contributed by atoms with van der Waals surface area (Å²) in [6, 6.07) is 8.37. The fourth-order valence-electron chi connectivity index (χ4n) is 2.39. The van der Waals surface area contributed by atoms with E-state index in [9.17, 15) is 4.79 Å². The minimum absolute atomic E-state index is 0.161. The SMILES string of the molecule is CCCNC(c1ccsc1)c1ccc2[nH]c(=O)[nH]c2c1. The van der Waals surface area contributed by atoms with Crippen LogP contribution in [-0.4, -0.2) is 16.5 Å². The van der Waals surface area contributed by atoms with Crippen molar-refractivity contribution in [1.29, 1.82) is 0 Å². The lowest BCUT2D eigenvalue weighted by molar-refractivity contribution is 0.600. The number of hydrogen-bond donors (Lipinski definition) is 3. The lowest BCUT2D eigenvalue weighted by atomic mass is 10.0. The summed E-state index contributed by atoms with van der Waals surface area (Å²) < 4.78 is 0. The Morgan fingerprint density at radius 2 is 2.05 bits per heavy atom. The van der Waals surface area contributed by atoms with E-state index in [0.717, 1.165) is 24.0 Å². The molecule has 104 valence electrons. The summed E-state index contributed by atoms with van der Waals surface area (Å²) >= 11 is 1.70. The number of thiophene rings is 1. The van der Waals surface area contributed by atoms with Crippen molar-refractivity contribution in [2.75, 3.05) is 6.54 Å². The van der Waals surface area contributed by atoms with E-state index < -0.39 is 0 Å². The lowest BCUT2D eigenvalue weighted by Gasteiger charge is -2.18. The molecule has 0 aliphatic heterocycles. The summed E-state index contributed by atoms with van der Waals surface area (Å²) in [5, 5.41) is 7.82. The molecule has 0 spiro atoms. The summed E-state index contributed by atoms with van der Waals surface area (Å²) in [4.78, 5) is 16.9. The standard InChI is InChI=1S/C15H17N3OS/c1-2-6-16-14(11-5-7-20-9-11)10-3-4-12-13(8-10)18-15(19)17-12/h3-5,7-9,14,16H,2,6H2,1H3,(H2,17,18,19). The molecule has 1 atom stereocenters. The number of hydrogen-bond acceptors (Lipinski definition) is 3. The van der Waals surface area contributed by atoms with Gasteiger partial charge >= 0.3 is 5.69 Å². The third-order valence-electron chi connectivity index (χ3n) is 3.35. The van der Waals surface area contributed by atoms with E-state index >= 15 is 0 Å². The highest BCUT2D eigenvalue weighted by Crippen LogP contribution is 2.25. The van der Waals surface area contributed by atoms with Gasteiger partial charge in [0, 0.05) is 0 Å². The Labute approximate surface area is 120 Å². The molecule has 0 saturated carbocycles. The third kappa shape index (κ3) is 2.55. The van der Waals surface area contributed by atoms with E-state index in [1.54, 1.807) is 11.3 Å². The van der Waals surface area contributed by atoms with Crippen molar-refractivity contribution in [2.24, 2.45) is 0 Å². The molecular formula is C15H17N3OS. The summed E-state index contributed by atoms with van der Waals surface area (Å²) in [6.45, 7) is 3.12. The first-order valence-corrected chi connectivity index (χ1v) is 7.69. The number of H-pyrrole nitrogens is 2. The van der Waals surface area contributed by atoms with Gasteiger partial charge in [-0.2, -0.15) is 11.3 Å². The van der Waals surface area contributed by atoms with Crippen LogP contribution in [0.15, 0.2) is 39.8 Å². The van der Waals surface area contributed by atoms with Gasteiger partial charge in [-0.25, -0.2) is 4.79 Å². The number of nitrogens with one attached hydrogen (secondary N) is 3. The molecule has 3 rings (SSSR count). The van der Waals surface area contributed by atoms with E-state index in [1.165, 1.54) is 11.1 Å². The predicted molar refractivity (Wildman–Crippen MR) is 83.4 cm³/mol. The first-order chi connectivity index (χ1) is 9.78. The molecule has 1 aromatic carbocycles. The van der Waals surface area contributed by atoms with Crippen LogP contribution in [0.5, 0.6) is 0 Å². The molecule has 0 radical (unpaired) electrons. The highest BCUT2D eigenvalue weighted by molar-refractivity contribution is 7.08. The van der Waals surface area contributed by atoms with Gasteiger partial charge in [0.2, 0.25) is 0 Å². The number of benzene rings is 1. The van der Waals surface area contributed by atoms with Gasteiger partial charge in [0.05, 0.1) is 17.1 Å². The molecule has 0 amide bonds. The highest BCUT2D eigenvalue weighted by Gasteiger charge is 2.14. The van der Waals surface area contributed by atoms with Gasteiger partial charge in [-0.1, -0.05) is 13.0 Å². The molecule has 0 saturated heterocycles. The van der Waals surface area contributed by atoms with Crippen molar-refractivity contribution in [2.45, 2.75) is 19.4 Å². The van der Waals surface area contributed by atoms with Gasteiger partial charge in [-0.05, 0) is 53.1 Å². The zero-order chi connectivity index (χ0) is 13.9. The van der Waals surface area contributed by atoms with Gasteiger partial charge in [-0.15, -0.1) is 0 Å². The van der Waals surface area contributed by atoms with Crippen LogP contribution in [0.4, 0.5) is 0 Å². The molecule has 3 N–H and O–H groups in total. The molecule has 5 heteroatoms. The summed E-state index contributed by atoms with van der Waals surface area (Å²) in [7, 11) is 0. The first-order valence-electron chi connectivity index (χ1n) is 6.75. The summed E-state index contributed by atoms with van der Waals surface area (Å²) in [5.41, 5.74) is 3.97. The predicted octanol–water partition coefficient (Wildman–Crippen LogP) is 3.01. The van der Waals surface area contributed by atoms with Crippen LogP contribution in [0.2, 0.25) is 0 Å². The average molecular weight is 287 g/mol. The monoisotopic (exact) mass is 287 g/mol. The number of aromatic nitrogens is 2. The Hall–Kier alpha value is -1.85. The van der Waals surface area contributed by atoms with Crippen LogP contribution >= 0.6 is 11.3 Å². The van der Waals surface area contributed by atoms with Gasteiger partial charge in [-0.3, -0.25) is 0 Å². The molecule has 0 aliphatic carbocycles. The van der Waals surface area contributed by atoms with Crippen LogP contribution in [0.1, 0.15) is 30.5 Å². The molecule has 4 nitrogen and oxygen atoms in total. The maximum absolute atomic E-state index is 11.3. The quantitative estimate of drug-likeness (QED) is 0.675. The average Bonchev–Trinajstić information content (AvgIpc) is 3.07. The molecule has 3 aromatic rings. The molecule has 0 fully saturated rings. The van der Waals surface area contributed by atoms with Gasteiger partial charge in [0.15, 0.2) is 0 Å². The van der Waals surface area contributed by atoms with E-state index in [0.29, 0.717) is 0 Å². The molecule has 1 unspecified atom stereocenters.